The van der Waals surface area contributed by atoms with Gasteiger partial charge < -0.3 is 0 Å². The molecule has 0 unspecified atom stereocenters. The molecule has 0 spiro atoms. The number of benzene rings is 1. The molecule has 1 fully saturated rings. The summed E-state index contributed by atoms with van der Waals surface area (Å²) < 4.78 is 43.4. The molecular formula is C12H15F3IN2O-. The van der Waals surface area contributed by atoms with E-state index in [2.05, 4.69) is 19.8 Å². The molecule has 1 aromatic carbocycles. The molecule has 1 aromatic rings. The number of halogens is 4. The van der Waals surface area contributed by atoms with Gasteiger partial charge in [-0.25, -0.2) is 0 Å². The average molecular weight is 387 g/mol. The van der Waals surface area contributed by atoms with Gasteiger partial charge in [0.2, 0.25) is 0 Å². The van der Waals surface area contributed by atoms with E-state index in [4.69, 9.17) is 0 Å². The van der Waals surface area contributed by atoms with E-state index in [1.54, 1.807) is 12.1 Å². The van der Waals surface area contributed by atoms with Crippen molar-refractivity contribution in [3.63, 3.8) is 0 Å². The summed E-state index contributed by atoms with van der Waals surface area (Å²) in [5, 5.41) is 0. The second-order valence-corrected chi connectivity index (χ2v) is 7.32. The zero-order chi connectivity index (χ0) is 13.9. The first kappa shape index (κ1) is 14.9. The molecule has 1 aliphatic rings. The van der Waals surface area contributed by atoms with E-state index < -0.39 is 6.36 Å². The van der Waals surface area contributed by atoms with E-state index in [9.17, 15) is 13.2 Å². The molecule has 3 nitrogen and oxygen atoms in total. The number of likely N-dealkylation sites (N-methyl/N-ethyl adjacent to an activating group) is 1. The van der Waals surface area contributed by atoms with E-state index >= 15 is 0 Å². The Kier molecular flexibility index (Phi) is 4.91. The average Bonchev–Trinajstić information content (AvgIpc) is 2.33. The van der Waals surface area contributed by atoms with Crippen LogP contribution >= 0.6 is 0 Å². The van der Waals surface area contributed by atoms with Crippen LogP contribution < -0.4 is 26.2 Å². The van der Waals surface area contributed by atoms with Crippen molar-refractivity contribution in [3.8, 4) is 5.75 Å². The van der Waals surface area contributed by atoms with Gasteiger partial charge in [0.05, 0.1) is 0 Å². The normalized spacial score (nSPS) is 18.9. The molecule has 0 saturated carbocycles. The van der Waals surface area contributed by atoms with Crippen molar-refractivity contribution in [2.75, 3.05) is 24.7 Å². The molecular weight excluding hydrogens is 372 g/mol. The molecule has 2 rings (SSSR count). The Hall–Kier alpha value is -0.540. The Labute approximate surface area is 120 Å². The van der Waals surface area contributed by atoms with Crippen LogP contribution in [0.5, 0.6) is 5.75 Å². The summed E-state index contributed by atoms with van der Waals surface area (Å²) in [4.78, 5) is 2.34. The Morgan fingerprint density at radius 3 is 2.42 bits per heavy atom. The first-order chi connectivity index (χ1) is 8.92. The molecule has 0 amide bonds. The first-order valence-electron chi connectivity index (χ1n) is 5.80. The monoisotopic (exact) mass is 387 g/mol. The van der Waals surface area contributed by atoms with E-state index in [1.165, 1.54) is 12.1 Å². The number of rotatable bonds is 3. The summed E-state index contributed by atoms with van der Waals surface area (Å²) in [5.41, 5.74) is 1.02. The fraction of sp³-hybridized carbons (Fsp3) is 0.500. The van der Waals surface area contributed by atoms with E-state index in [-0.39, 0.29) is 27.2 Å². The number of ether oxygens (including phenoxy) is 1. The minimum absolute atomic E-state index is 0.0738. The number of hydrogen-bond acceptors (Lipinski definition) is 3. The number of hydrogen-bond donors (Lipinski definition) is 0. The quantitative estimate of drug-likeness (QED) is 0.295. The summed E-state index contributed by atoms with van der Waals surface area (Å²) >= 11 is 0.0738. The van der Waals surface area contributed by atoms with Crippen LogP contribution in [0.3, 0.4) is 0 Å². The summed E-state index contributed by atoms with van der Waals surface area (Å²) in [6.45, 7) is 2.87. The van der Waals surface area contributed by atoms with Gasteiger partial charge in [0.25, 0.3) is 0 Å². The first-order valence-corrected chi connectivity index (χ1v) is 8.29. The topological polar surface area (TPSA) is 15.7 Å². The van der Waals surface area contributed by atoms with Crippen molar-refractivity contribution in [1.29, 1.82) is 0 Å². The predicted molar refractivity (Wildman–Crippen MR) is 61.0 cm³/mol. The van der Waals surface area contributed by atoms with Crippen molar-refractivity contribution in [2.24, 2.45) is 0 Å². The van der Waals surface area contributed by atoms with Crippen molar-refractivity contribution in [1.82, 2.24) is 8.01 Å². The van der Waals surface area contributed by atoms with Gasteiger partial charge in [-0.05, 0) is 0 Å². The van der Waals surface area contributed by atoms with Gasteiger partial charge in [-0.3, -0.25) is 0 Å². The van der Waals surface area contributed by atoms with Gasteiger partial charge in [0.15, 0.2) is 0 Å². The van der Waals surface area contributed by atoms with Gasteiger partial charge in [-0.2, -0.15) is 0 Å². The molecule has 1 heterocycles. The molecule has 108 valence electrons. The molecule has 19 heavy (non-hydrogen) atoms. The fourth-order valence-corrected chi connectivity index (χ4v) is 3.83. The second-order valence-electron chi connectivity index (χ2n) is 4.31. The van der Waals surface area contributed by atoms with Crippen LogP contribution in [0.2, 0.25) is 0 Å². The van der Waals surface area contributed by atoms with Gasteiger partial charge in [0.1, 0.15) is 0 Å². The summed E-state index contributed by atoms with van der Waals surface area (Å²) in [6.07, 6.45) is -4.62. The van der Waals surface area contributed by atoms with Crippen LogP contribution in [0.1, 0.15) is 5.56 Å². The summed E-state index contributed by atoms with van der Waals surface area (Å²) in [5.74, 6) is -0.165. The van der Waals surface area contributed by atoms with Crippen LogP contribution in [0.25, 0.3) is 0 Å². The van der Waals surface area contributed by atoms with Gasteiger partial charge in [0, 0.05) is 0 Å². The van der Waals surface area contributed by atoms with Crippen molar-refractivity contribution in [2.45, 2.75) is 12.9 Å². The molecule has 1 saturated heterocycles. The zero-order valence-corrected chi connectivity index (χ0v) is 12.6. The predicted octanol–water partition coefficient (Wildman–Crippen LogP) is -0.706. The maximum absolute atomic E-state index is 12.0. The molecule has 0 radical (unpaired) electrons. The fourth-order valence-electron chi connectivity index (χ4n) is 1.74. The van der Waals surface area contributed by atoms with Crippen LogP contribution in [-0.2, 0) is 6.54 Å². The molecule has 0 bridgehead atoms. The Morgan fingerprint density at radius 2 is 1.89 bits per heavy atom. The minimum atomic E-state index is -4.62. The van der Waals surface area contributed by atoms with Crippen LogP contribution in [0, 0.1) is 0 Å². The molecule has 7 heteroatoms. The van der Waals surface area contributed by atoms with Crippen molar-refractivity contribution >= 4 is 0 Å². The van der Waals surface area contributed by atoms with Gasteiger partial charge in [-0.1, -0.05) is 0 Å². The Bertz CT molecular complexity index is 402. The van der Waals surface area contributed by atoms with Crippen LogP contribution in [0.4, 0.5) is 13.2 Å². The Morgan fingerprint density at radius 1 is 1.21 bits per heavy atom. The standard InChI is InChI=1S/C12H15F3IN2O/c1-17-6-7-18(9-16-17)8-10-2-4-11(5-3-10)19-12(13,14)15/h2-5H,6-9H2,1H3/q-1. The Balaban J connectivity index is 1.88. The second kappa shape index (κ2) is 6.27. The summed E-state index contributed by atoms with van der Waals surface area (Å²) in [6, 6.07) is 6.12. The van der Waals surface area contributed by atoms with Crippen molar-refractivity contribution in [3.05, 3.63) is 29.8 Å². The maximum atomic E-state index is 12.0. The number of nitrogens with zero attached hydrogens (tertiary/aromatic N) is 2. The van der Waals surface area contributed by atoms with Crippen molar-refractivity contribution < 1.29 is 39.4 Å². The third kappa shape index (κ3) is 5.15. The van der Waals surface area contributed by atoms with E-state index in [1.807, 2.05) is 0 Å². The molecule has 0 atom stereocenters. The van der Waals surface area contributed by atoms with E-state index in [0.717, 1.165) is 29.7 Å². The third-order valence-electron chi connectivity index (χ3n) is 2.71. The molecule has 0 aromatic heterocycles. The van der Waals surface area contributed by atoms with Crippen LogP contribution in [-0.4, -0.2) is 39.1 Å². The number of alkyl halides is 4. The van der Waals surface area contributed by atoms with Gasteiger partial charge in [-0.15, -0.1) is 0 Å². The zero-order valence-electron chi connectivity index (χ0n) is 10.5. The SMILES string of the molecule is CN1CCN(Cc2ccc(OC(F)(F)F)cc2)C[I-]1. The van der Waals surface area contributed by atoms with Gasteiger partial charge >= 0.3 is 121 Å². The molecule has 0 N–H and O–H groups in total. The molecule has 1 aliphatic heterocycles. The van der Waals surface area contributed by atoms with E-state index in [0.29, 0.717) is 0 Å². The molecule has 0 aliphatic carbocycles. The van der Waals surface area contributed by atoms with Crippen LogP contribution in [0.15, 0.2) is 24.3 Å². The third-order valence-corrected chi connectivity index (χ3v) is 5.63. The summed E-state index contributed by atoms with van der Waals surface area (Å²) in [7, 11) is 2.13.